The van der Waals surface area contributed by atoms with Gasteiger partial charge >= 0.3 is 5.97 Å². The minimum Gasteiger partial charge on any atom is -0.481 e. The minimum atomic E-state index is -1.03. The zero-order chi connectivity index (χ0) is 9.14. The molecule has 12 heavy (non-hydrogen) atoms. The maximum atomic E-state index is 10.2. The Bertz CT molecular complexity index is 281. The summed E-state index contributed by atoms with van der Waals surface area (Å²) in [6.07, 6.45) is -1.16. The smallest absolute Gasteiger partial charge is 0.311 e. The summed E-state index contributed by atoms with van der Waals surface area (Å²) in [6, 6.07) is 0. The molecule has 0 saturated heterocycles. The lowest BCUT2D eigenvalue weighted by molar-refractivity contribution is -0.136. The number of hydrogen-bond acceptors (Lipinski definition) is 5. The summed E-state index contributed by atoms with van der Waals surface area (Å²) in [5.41, 5.74) is 0. The summed E-state index contributed by atoms with van der Waals surface area (Å²) < 4.78 is 4.55. The summed E-state index contributed by atoms with van der Waals surface area (Å²) in [5.74, 6) is -0.933. The number of aliphatic hydroxyl groups is 1. The SMILES string of the molecule is CC(O)c1nc(CC(=O)O)no1. The number of aliphatic carboxylic acids is 1. The van der Waals surface area contributed by atoms with Crippen molar-refractivity contribution in [1.82, 2.24) is 10.1 Å². The van der Waals surface area contributed by atoms with Crippen molar-refractivity contribution in [2.45, 2.75) is 19.4 Å². The van der Waals surface area contributed by atoms with Crippen molar-refractivity contribution in [3.8, 4) is 0 Å². The van der Waals surface area contributed by atoms with Crippen molar-refractivity contribution in [3.63, 3.8) is 0 Å². The molecule has 0 spiro atoms. The van der Waals surface area contributed by atoms with Crippen LogP contribution in [0.25, 0.3) is 0 Å². The molecule has 0 aromatic carbocycles. The average Bonchev–Trinajstić information content (AvgIpc) is 2.34. The fraction of sp³-hybridized carbons (Fsp3) is 0.500. The Morgan fingerprint density at radius 3 is 2.83 bits per heavy atom. The molecule has 6 heteroatoms. The highest BCUT2D eigenvalue weighted by molar-refractivity contribution is 5.68. The third-order valence-electron chi connectivity index (χ3n) is 1.15. The van der Waals surface area contributed by atoms with E-state index in [2.05, 4.69) is 14.7 Å². The molecule has 1 atom stereocenters. The van der Waals surface area contributed by atoms with Crippen LogP contribution >= 0.6 is 0 Å². The Hall–Kier alpha value is -1.43. The van der Waals surface area contributed by atoms with E-state index in [0.29, 0.717) is 0 Å². The number of nitrogens with zero attached hydrogens (tertiary/aromatic N) is 2. The van der Waals surface area contributed by atoms with E-state index in [0.717, 1.165) is 0 Å². The van der Waals surface area contributed by atoms with Gasteiger partial charge in [0.15, 0.2) is 5.82 Å². The van der Waals surface area contributed by atoms with E-state index in [4.69, 9.17) is 10.2 Å². The predicted octanol–water partition coefficient (Wildman–Crippen LogP) is -0.250. The molecule has 0 radical (unpaired) electrons. The highest BCUT2D eigenvalue weighted by Crippen LogP contribution is 2.08. The molecule has 1 unspecified atom stereocenters. The predicted molar refractivity (Wildman–Crippen MR) is 36.3 cm³/mol. The van der Waals surface area contributed by atoms with Gasteiger partial charge in [-0.3, -0.25) is 4.79 Å². The van der Waals surface area contributed by atoms with E-state index in [1.165, 1.54) is 6.92 Å². The molecular weight excluding hydrogens is 164 g/mol. The number of carboxylic acids is 1. The van der Waals surface area contributed by atoms with E-state index in [1.54, 1.807) is 0 Å². The first-order chi connectivity index (χ1) is 5.59. The molecule has 0 aliphatic rings. The van der Waals surface area contributed by atoms with Crippen molar-refractivity contribution in [2.75, 3.05) is 0 Å². The molecule has 1 rings (SSSR count). The third kappa shape index (κ3) is 2.03. The molecule has 1 aromatic rings. The van der Waals surface area contributed by atoms with E-state index >= 15 is 0 Å². The van der Waals surface area contributed by atoms with Gasteiger partial charge in [0.05, 0.1) is 0 Å². The van der Waals surface area contributed by atoms with Gasteiger partial charge in [0, 0.05) is 0 Å². The lowest BCUT2D eigenvalue weighted by Gasteiger charge is -1.91. The van der Waals surface area contributed by atoms with Crippen LogP contribution in [-0.4, -0.2) is 26.3 Å². The van der Waals surface area contributed by atoms with Crippen LogP contribution in [0.5, 0.6) is 0 Å². The van der Waals surface area contributed by atoms with Crippen molar-refractivity contribution < 1.29 is 19.5 Å². The van der Waals surface area contributed by atoms with Crippen molar-refractivity contribution in [3.05, 3.63) is 11.7 Å². The number of carboxylic acid groups (broad SMARTS) is 1. The van der Waals surface area contributed by atoms with Gasteiger partial charge in [-0.2, -0.15) is 4.98 Å². The fourth-order valence-electron chi connectivity index (χ4n) is 0.644. The van der Waals surface area contributed by atoms with Gasteiger partial charge in [-0.05, 0) is 6.92 Å². The summed E-state index contributed by atoms with van der Waals surface area (Å²) in [7, 11) is 0. The second kappa shape index (κ2) is 3.31. The van der Waals surface area contributed by atoms with Crippen LogP contribution in [0.3, 0.4) is 0 Å². The van der Waals surface area contributed by atoms with E-state index in [-0.39, 0.29) is 18.1 Å². The van der Waals surface area contributed by atoms with Crippen LogP contribution in [0.15, 0.2) is 4.52 Å². The average molecular weight is 172 g/mol. The standard InChI is InChI=1S/C6H8N2O4/c1-3(9)6-7-4(8-12-6)2-5(10)11/h3,9H,2H2,1H3,(H,10,11). The van der Waals surface area contributed by atoms with Gasteiger partial charge in [0.1, 0.15) is 12.5 Å². The second-order valence-electron chi connectivity index (χ2n) is 2.30. The van der Waals surface area contributed by atoms with E-state index < -0.39 is 12.1 Å². The van der Waals surface area contributed by atoms with Gasteiger partial charge in [-0.1, -0.05) is 5.16 Å². The summed E-state index contributed by atoms with van der Waals surface area (Å²) in [5, 5.41) is 20.6. The van der Waals surface area contributed by atoms with E-state index in [9.17, 15) is 4.79 Å². The summed E-state index contributed by atoms with van der Waals surface area (Å²) in [6.45, 7) is 1.46. The Morgan fingerprint density at radius 1 is 1.75 bits per heavy atom. The maximum Gasteiger partial charge on any atom is 0.311 e. The van der Waals surface area contributed by atoms with Gasteiger partial charge in [0.2, 0.25) is 0 Å². The molecule has 0 bridgehead atoms. The van der Waals surface area contributed by atoms with Gasteiger partial charge in [-0.25, -0.2) is 0 Å². The Morgan fingerprint density at radius 2 is 2.42 bits per heavy atom. The molecule has 0 fully saturated rings. The molecule has 2 N–H and O–H groups in total. The number of aromatic nitrogens is 2. The zero-order valence-corrected chi connectivity index (χ0v) is 6.39. The first kappa shape index (κ1) is 8.66. The highest BCUT2D eigenvalue weighted by Gasteiger charge is 2.12. The lowest BCUT2D eigenvalue weighted by Crippen LogP contribution is -2.02. The fourth-order valence-corrected chi connectivity index (χ4v) is 0.644. The molecular formula is C6H8N2O4. The molecule has 0 amide bonds. The monoisotopic (exact) mass is 172 g/mol. The van der Waals surface area contributed by atoms with Crippen molar-refractivity contribution in [1.29, 1.82) is 0 Å². The number of hydrogen-bond donors (Lipinski definition) is 2. The summed E-state index contributed by atoms with van der Waals surface area (Å²) >= 11 is 0. The van der Waals surface area contributed by atoms with Crippen molar-refractivity contribution >= 4 is 5.97 Å². The van der Waals surface area contributed by atoms with Crippen molar-refractivity contribution in [2.24, 2.45) is 0 Å². The second-order valence-corrected chi connectivity index (χ2v) is 2.30. The van der Waals surface area contributed by atoms with E-state index in [1.807, 2.05) is 0 Å². The van der Waals surface area contributed by atoms with Gasteiger partial charge in [0.25, 0.3) is 5.89 Å². The van der Waals surface area contributed by atoms with Gasteiger partial charge < -0.3 is 14.7 Å². The van der Waals surface area contributed by atoms with Crippen LogP contribution in [0.2, 0.25) is 0 Å². The topological polar surface area (TPSA) is 96.5 Å². The Balaban J connectivity index is 2.70. The normalized spacial score (nSPS) is 12.8. The van der Waals surface area contributed by atoms with Crippen LogP contribution in [0, 0.1) is 0 Å². The molecule has 0 aliphatic heterocycles. The summed E-state index contributed by atoms with van der Waals surface area (Å²) in [4.78, 5) is 13.8. The zero-order valence-electron chi connectivity index (χ0n) is 6.39. The maximum absolute atomic E-state index is 10.2. The molecule has 0 saturated carbocycles. The van der Waals surface area contributed by atoms with Crippen LogP contribution in [-0.2, 0) is 11.2 Å². The largest absolute Gasteiger partial charge is 0.481 e. The lowest BCUT2D eigenvalue weighted by atomic mass is 10.4. The van der Waals surface area contributed by atoms with Crippen LogP contribution < -0.4 is 0 Å². The Labute approximate surface area is 67.8 Å². The number of aliphatic hydroxyl groups excluding tert-OH is 1. The van der Waals surface area contributed by atoms with Gasteiger partial charge in [-0.15, -0.1) is 0 Å². The molecule has 6 nitrogen and oxygen atoms in total. The minimum absolute atomic E-state index is 0.0336. The Kier molecular flexibility index (Phi) is 2.39. The molecule has 0 aliphatic carbocycles. The number of carbonyl (C=O) groups is 1. The van der Waals surface area contributed by atoms with Crippen LogP contribution in [0.4, 0.5) is 0 Å². The molecule has 1 heterocycles. The quantitative estimate of drug-likeness (QED) is 0.652. The number of rotatable bonds is 3. The molecule has 1 aromatic heterocycles. The first-order valence-corrected chi connectivity index (χ1v) is 3.32. The third-order valence-corrected chi connectivity index (χ3v) is 1.15. The first-order valence-electron chi connectivity index (χ1n) is 3.32. The molecule has 66 valence electrons. The highest BCUT2D eigenvalue weighted by atomic mass is 16.5. The van der Waals surface area contributed by atoms with Crippen LogP contribution in [0.1, 0.15) is 24.7 Å².